The minimum absolute atomic E-state index is 0.748. The zero-order chi connectivity index (χ0) is 11.5. The Balaban J connectivity index is 3.65. The molecule has 0 aliphatic carbocycles. The van der Waals surface area contributed by atoms with E-state index < -0.39 is 0 Å². The number of allylic oxidation sites excluding steroid dienone is 4. The van der Waals surface area contributed by atoms with Gasteiger partial charge in [-0.05, 0) is 33.1 Å². The van der Waals surface area contributed by atoms with Crippen molar-refractivity contribution >= 4 is 6.41 Å². The van der Waals surface area contributed by atoms with Gasteiger partial charge in [0.25, 0.3) is 0 Å². The predicted molar refractivity (Wildman–Crippen MR) is 64.5 cm³/mol. The second-order valence-electron chi connectivity index (χ2n) is 3.60. The number of amides is 1. The fourth-order valence-corrected chi connectivity index (χ4v) is 1.17. The number of hydrogen-bond acceptors (Lipinski definition) is 2. The van der Waals surface area contributed by atoms with Gasteiger partial charge in [-0.15, -0.1) is 0 Å². The van der Waals surface area contributed by atoms with Gasteiger partial charge in [0.05, 0.1) is 0 Å². The van der Waals surface area contributed by atoms with E-state index >= 15 is 0 Å². The summed E-state index contributed by atoms with van der Waals surface area (Å²) in [5.41, 5.74) is 2.57. The highest BCUT2D eigenvalue weighted by atomic mass is 16.1. The van der Waals surface area contributed by atoms with Crippen LogP contribution in [0.25, 0.3) is 0 Å². The van der Waals surface area contributed by atoms with Crippen LogP contribution in [0.3, 0.4) is 0 Å². The highest BCUT2D eigenvalue weighted by molar-refractivity contribution is 5.45. The molecule has 0 aliphatic heterocycles. The van der Waals surface area contributed by atoms with Crippen molar-refractivity contribution in [1.82, 2.24) is 10.6 Å². The lowest BCUT2D eigenvalue weighted by Crippen LogP contribution is -2.11. The summed E-state index contributed by atoms with van der Waals surface area (Å²) in [4.78, 5) is 9.99. The lowest BCUT2D eigenvalue weighted by atomic mass is 10.1. The molecule has 0 bridgehead atoms. The fraction of sp³-hybridized carbons (Fsp3) is 0.583. The first-order chi connectivity index (χ1) is 7.20. The first kappa shape index (κ1) is 13.8. The van der Waals surface area contributed by atoms with Gasteiger partial charge in [0.15, 0.2) is 0 Å². The molecule has 3 heteroatoms. The molecule has 3 nitrogen and oxygen atoms in total. The Kier molecular flexibility index (Phi) is 8.53. The van der Waals surface area contributed by atoms with Crippen LogP contribution in [0.15, 0.2) is 23.4 Å². The fourth-order valence-electron chi connectivity index (χ4n) is 1.17. The van der Waals surface area contributed by atoms with Crippen LogP contribution < -0.4 is 10.6 Å². The number of carbonyl (C=O) groups excluding carboxylic acids is 1. The third-order valence-corrected chi connectivity index (χ3v) is 2.26. The summed E-state index contributed by atoms with van der Waals surface area (Å²) in [6.07, 6.45) is 8.16. The van der Waals surface area contributed by atoms with Crippen LogP contribution in [0, 0.1) is 0 Å². The summed E-state index contributed by atoms with van der Waals surface area (Å²) in [7, 11) is 1.92. The van der Waals surface area contributed by atoms with E-state index in [2.05, 4.69) is 36.6 Å². The molecule has 0 fully saturated rings. The quantitative estimate of drug-likeness (QED) is 0.365. The summed E-state index contributed by atoms with van der Waals surface area (Å²) in [6.45, 7) is 4.95. The monoisotopic (exact) mass is 210 g/mol. The molecule has 1 amide bonds. The highest BCUT2D eigenvalue weighted by Gasteiger charge is 1.90. The number of rotatable bonds is 8. The molecule has 0 rings (SSSR count). The van der Waals surface area contributed by atoms with Crippen molar-refractivity contribution in [3.63, 3.8) is 0 Å². The van der Waals surface area contributed by atoms with E-state index in [1.807, 2.05) is 7.05 Å². The van der Waals surface area contributed by atoms with Crippen molar-refractivity contribution in [2.75, 3.05) is 13.6 Å². The molecular formula is C12H22N2O. The molecule has 0 saturated heterocycles. The lowest BCUT2D eigenvalue weighted by Gasteiger charge is -2.01. The van der Waals surface area contributed by atoms with E-state index in [1.54, 1.807) is 0 Å². The van der Waals surface area contributed by atoms with Crippen molar-refractivity contribution in [2.45, 2.75) is 33.1 Å². The van der Waals surface area contributed by atoms with Gasteiger partial charge >= 0.3 is 0 Å². The molecule has 0 saturated carbocycles. The third-order valence-electron chi connectivity index (χ3n) is 2.26. The van der Waals surface area contributed by atoms with E-state index in [4.69, 9.17) is 0 Å². The van der Waals surface area contributed by atoms with Crippen LogP contribution >= 0.6 is 0 Å². The van der Waals surface area contributed by atoms with Crippen molar-refractivity contribution < 1.29 is 4.79 Å². The van der Waals surface area contributed by atoms with Gasteiger partial charge in [0.1, 0.15) is 0 Å². The number of hydrogen-bond donors (Lipinski definition) is 2. The largest absolute Gasteiger partial charge is 0.392 e. The predicted octanol–water partition coefficient (Wildman–Crippen LogP) is 1.97. The second-order valence-corrected chi connectivity index (χ2v) is 3.60. The topological polar surface area (TPSA) is 41.1 Å². The van der Waals surface area contributed by atoms with Crippen molar-refractivity contribution in [3.05, 3.63) is 23.4 Å². The van der Waals surface area contributed by atoms with E-state index in [-0.39, 0.29) is 0 Å². The summed E-state index contributed by atoms with van der Waals surface area (Å²) in [6, 6.07) is 0. The second kappa shape index (κ2) is 9.31. The number of carbonyl (C=O) groups is 1. The molecule has 0 radical (unpaired) electrons. The molecule has 0 aromatic rings. The van der Waals surface area contributed by atoms with Crippen molar-refractivity contribution in [1.29, 1.82) is 0 Å². The minimum Gasteiger partial charge on any atom is -0.392 e. The summed E-state index contributed by atoms with van der Waals surface area (Å²) < 4.78 is 0. The van der Waals surface area contributed by atoms with E-state index in [0.717, 1.165) is 32.2 Å². The maximum Gasteiger partial charge on any atom is 0.207 e. The number of nitrogens with one attached hydrogen (secondary N) is 2. The standard InChI is InChI=1S/C12H22N2O/c1-11(7-5-9-14-10-15)6-4-8-12(2)13-3/h6,8,10,13H,4-5,7,9H2,1-3H3,(H,14,15)/b11-6+,12-8-. The zero-order valence-corrected chi connectivity index (χ0v) is 9.97. The van der Waals surface area contributed by atoms with Gasteiger partial charge in [0.2, 0.25) is 6.41 Å². The Labute approximate surface area is 92.6 Å². The first-order valence-corrected chi connectivity index (χ1v) is 5.38. The van der Waals surface area contributed by atoms with Gasteiger partial charge in [0, 0.05) is 19.3 Å². The SMILES string of the molecule is CN/C(C)=C\C/C=C(\C)CCCNC=O. The smallest absolute Gasteiger partial charge is 0.207 e. The molecule has 0 heterocycles. The van der Waals surface area contributed by atoms with Gasteiger partial charge in [-0.25, -0.2) is 0 Å². The van der Waals surface area contributed by atoms with Gasteiger partial charge in [-0.1, -0.05) is 17.7 Å². The molecule has 15 heavy (non-hydrogen) atoms. The van der Waals surface area contributed by atoms with Crippen LogP contribution in [0.2, 0.25) is 0 Å². The molecule has 0 spiro atoms. The third kappa shape index (κ3) is 9.06. The van der Waals surface area contributed by atoms with Gasteiger partial charge < -0.3 is 10.6 Å². The van der Waals surface area contributed by atoms with Crippen molar-refractivity contribution in [2.24, 2.45) is 0 Å². The van der Waals surface area contributed by atoms with Gasteiger partial charge in [-0.3, -0.25) is 4.79 Å². The Bertz CT molecular complexity index is 232. The van der Waals surface area contributed by atoms with E-state index in [0.29, 0.717) is 0 Å². The molecule has 0 aliphatic rings. The first-order valence-electron chi connectivity index (χ1n) is 5.38. The van der Waals surface area contributed by atoms with E-state index in [9.17, 15) is 4.79 Å². The summed E-state index contributed by atoms with van der Waals surface area (Å²) >= 11 is 0. The molecular weight excluding hydrogens is 188 g/mol. The van der Waals surface area contributed by atoms with Crippen LogP contribution in [-0.2, 0) is 4.79 Å². The van der Waals surface area contributed by atoms with Crippen molar-refractivity contribution in [3.8, 4) is 0 Å². The van der Waals surface area contributed by atoms with Crippen LogP contribution in [-0.4, -0.2) is 20.0 Å². The normalized spacial score (nSPS) is 12.5. The summed E-state index contributed by atoms with van der Waals surface area (Å²) in [5.74, 6) is 0. The zero-order valence-electron chi connectivity index (χ0n) is 9.97. The summed E-state index contributed by atoms with van der Waals surface area (Å²) in [5, 5.41) is 5.74. The Hall–Kier alpha value is -1.25. The molecule has 0 aromatic carbocycles. The molecule has 0 unspecified atom stereocenters. The highest BCUT2D eigenvalue weighted by Crippen LogP contribution is 2.05. The van der Waals surface area contributed by atoms with Gasteiger partial charge in [-0.2, -0.15) is 0 Å². The van der Waals surface area contributed by atoms with Crippen LogP contribution in [0.5, 0.6) is 0 Å². The Morgan fingerprint density at radius 1 is 1.27 bits per heavy atom. The Morgan fingerprint density at radius 3 is 2.60 bits per heavy atom. The molecule has 0 atom stereocenters. The lowest BCUT2D eigenvalue weighted by molar-refractivity contribution is -0.109. The molecule has 86 valence electrons. The van der Waals surface area contributed by atoms with Crippen LogP contribution in [0.4, 0.5) is 0 Å². The maximum absolute atomic E-state index is 9.99. The Morgan fingerprint density at radius 2 is 2.00 bits per heavy atom. The average Bonchev–Trinajstić information content (AvgIpc) is 2.24. The maximum atomic E-state index is 9.99. The van der Waals surface area contributed by atoms with E-state index in [1.165, 1.54) is 11.3 Å². The average molecular weight is 210 g/mol. The molecule has 2 N–H and O–H groups in total. The van der Waals surface area contributed by atoms with Crippen LogP contribution in [0.1, 0.15) is 33.1 Å². The molecule has 0 aromatic heterocycles. The minimum atomic E-state index is 0.748.